The minimum Gasteiger partial charge on any atom is -0.494 e. The molecule has 0 saturated heterocycles. The summed E-state index contributed by atoms with van der Waals surface area (Å²) in [5.41, 5.74) is 7.98. The molecule has 3 rings (SSSR count). The Morgan fingerprint density at radius 3 is 2.84 bits per heavy atom. The van der Waals surface area contributed by atoms with Crippen LogP contribution in [-0.2, 0) is 4.74 Å². The number of methoxy groups -OCH3 is 2. The van der Waals surface area contributed by atoms with E-state index in [0.29, 0.717) is 18.1 Å². The monoisotopic (exact) mass is 261 g/mol. The number of nitrogens with two attached hydrogens (primary N) is 1. The summed E-state index contributed by atoms with van der Waals surface area (Å²) in [5.74, 6) is 1.32. The third kappa shape index (κ3) is 1.94. The fourth-order valence-electron chi connectivity index (χ4n) is 3.02. The van der Waals surface area contributed by atoms with Crippen LogP contribution in [0.5, 0.6) is 5.75 Å². The van der Waals surface area contributed by atoms with E-state index in [0.717, 1.165) is 36.0 Å². The average molecular weight is 261 g/mol. The summed E-state index contributed by atoms with van der Waals surface area (Å²) in [6.45, 7) is 0. The van der Waals surface area contributed by atoms with Crippen molar-refractivity contribution < 1.29 is 9.47 Å². The standard InChI is InChI=1S/C14H19N3O2/c1-18-10-7-6-9(8-10)17-11-4-3-5-12(19-2)13(11)16-14(17)15/h3-5,9-10H,6-8H2,1-2H3,(H2,15,16). The molecule has 1 aromatic heterocycles. The molecule has 19 heavy (non-hydrogen) atoms. The van der Waals surface area contributed by atoms with Crippen molar-refractivity contribution in [1.82, 2.24) is 9.55 Å². The minimum atomic E-state index is 0.326. The van der Waals surface area contributed by atoms with Crippen molar-refractivity contribution >= 4 is 17.0 Å². The fraction of sp³-hybridized carbons (Fsp3) is 0.500. The average Bonchev–Trinajstić information content (AvgIpc) is 3.00. The van der Waals surface area contributed by atoms with Crippen LogP contribution in [-0.4, -0.2) is 29.9 Å². The number of imidazole rings is 1. The Morgan fingerprint density at radius 2 is 2.16 bits per heavy atom. The van der Waals surface area contributed by atoms with Gasteiger partial charge in [0.2, 0.25) is 5.95 Å². The first-order valence-electron chi connectivity index (χ1n) is 6.57. The number of hydrogen-bond donors (Lipinski definition) is 1. The molecule has 0 amide bonds. The number of hydrogen-bond acceptors (Lipinski definition) is 4. The molecule has 5 nitrogen and oxygen atoms in total. The third-order valence-electron chi connectivity index (χ3n) is 3.99. The lowest BCUT2D eigenvalue weighted by Crippen LogP contribution is -2.11. The van der Waals surface area contributed by atoms with Crippen LogP contribution in [0.2, 0.25) is 0 Å². The van der Waals surface area contributed by atoms with Gasteiger partial charge in [-0.25, -0.2) is 4.98 Å². The Kier molecular flexibility index (Phi) is 3.06. The van der Waals surface area contributed by atoms with Crippen LogP contribution >= 0.6 is 0 Å². The van der Waals surface area contributed by atoms with E-state index < -0.39 is 0 Å². The summed E-state index contributed by atoms with van der Waals surface area (Å²) in [5, 5.41) is 0. The van der Waals surface area contributed by atoms with Gasteiger partial charge in [-0.15, -0.1) is 0 Å². The van der Waals surface area contributed by atoms with Gasteiger partial charge in [-0.05, 0) is 31.4 Å². The molecule has 0 bridgehead atoms. The van der Waals surface area contributed by atoms with Gasteiger partial charge in [0.25, 0.3) is 0 Å². The van der Waals surface area contributed by atoms with Crippen molar-refractivity contribution in [3.05, 3.63) is 18.2 Å². The van der Waals surface area contributed by atoms with E-state index in [1.54, 1.807) is 14.2 Å². The van der Waals surface area contributed by atoms with Crippen molar-refractivity contribution in [2.75, 3.05) is 20.0 Å². The molecule has 102 valence electrons. The van der Waals surface area contributed by atoms with Crippen molar-refractivity contribution in [2.24, 2.45) is 0 Å². The lowest BCUT2D eigenvalue weighted by molar-refractivity contribution is 0.106. The maximum atomic E-state index is 6.10. The minimum absolute atomic E-state index is 0.326. The van der Waals surface area contributed by atoms with Gasteiger partial charge < -0.3 is 19.8 Å². The van der Waals surface area contributed by atoms with Crippen LogP contribution in [0.3, 0.4) is 0 Å². The number of aromatic nitrogens is 2. The summed E-state index contributed by atoms with van der Waals surface area (Å²) in [6.07, 6.45) is 3.46. The van der Waals surface area contributed by atoms with Crippen LogP contribution in [0.25, 0.3) is 11.0 Å². The summed E-state index contributed by atoms with van der Waals surface area (Å²) >= 11 is 0. The highest BCUT2D eigenvalue weighted by Crippen LogP contribution is 2.37. The van der Waals surface area contributed by atoms with E-state index in [1.807, 2.05) is 18.2 Å². The molecule has 1 fully saturated rings. The number of rotatable bonds is 3. The normalized spacial score (nSPS) is 23.1. The smallest absolute Gasteiger partial charge is 0.201 e. The van der Waals surface area contributed by atoms with E-state index in [1.165, 1.54) is 0 Å². The van der Waals surface area contributed by atoms with Crippen molar-refractivity contribution in [3.8, 4) is 5.75 Å². The highest BCUT2D eigenvalue weighted by molar-refractivity contribution is 5.84. The molecule has 2 N–H and O–H groups in total. The molecular weight excluding hydrogens is 242 g/mol. The summed E-state index contributed by atoms with van der Waals surface area (Å²) < 4.78 is 12.9. The first-order chi connectivity index (χ1) is 9.24. The Balaban J connectivity index is 2.06. The summed E-state index contributed by atoms with van der Waals surface area (Å²) in [7, 11) is 3.42. The predicted octanol–water partition coefficient (Wildman–Crippen LogP) is 2.37. The third-order valence-corrected chi connectivity index (χ3v) is 3.99. The molecule has 2 atom stereocenters. The maximum absolute atomic E-state index is 6.10. The van der Waals surface area contributed by atoms with Crippen LogP contribution in [0.4, 0.5) is 5.95 Å². The second kappa shape index (κ2) is 4.74. The largest absolute Gasteiger partial charge is 0.494 e. The van der Waals surface area contributed by atoms with Crippen molar-refractivity contribution in [3.63, 3.8) is 0 Å². The molecule has 1 heterocycles. The molecule has 0 spiro atoms. The molecule has 2 aromatic rings. The maximum Gasteiger partial charge on any atom is 0.201 e. The molecule has 1 aliphatic carbocycles. The zero-order chi connectivity index (χ0) is 13.4. The Morgan fingerprint density at radius 1 is 1.32 bits per heavy atom. The number of nitrogens with zero attached hydrogens (tertiary/aromatic N) is 2. The number of benzene rings is 1. The molecular formula is C14H19N3O2. The van der Waals surface area contributed by atoms with Crippen LogP contribution in [0.15, 0.2) is 18.2 Å². The fourth-order valence-corrected chi connectivity index (χ4v) is 3.02. The Labute approximate surface area is 112 Å². The first-order valence-corrected chi connectivity index (χ1v) is 6.57. The molecule has 1 aromatic carbocycles. The van der Waals surface area contributed by atoms with Crippen LogP contribution in [0, 0.1) is 0 Å². The lowest BCUT2D eigenvalue weighted by Gasteiger charge is -2.15. The van der Waals surface area contributed by atoms with Gasteiger partial charge >= 0.3 is 0 Å². The van der Waals surface area contributed by atoms with Gasteiger partial charge in [0.15, 0.2) is 0 Å². The Bertz CT molecular complexity index is 594. The van der Waals surface area contributed by atoms with Gasteiger partial charge in [-0.2, -0.15) is 0 Å². The molecule has 2 unspecified atom stereocenters. The molecule has 0 aliphatic heterocycles. The molecule has 5 heteroatoms. The number of fused-ring (bicyclic) bond motifs is 1. The summed E-state index contributed by atoms with van der Waals surface area (Å²) in [6, 6.07) is 6.29. The number of para-hydroxylation sites is 1. The Hall–Kier alpha value is -1.75. The number of nitrogen functional groups attached to an aromatic ring is 1. The van der Waals surface area contributed by atoms with Gasteiger partial charge in [-0.3, -0.25) is 0 Å². The highest BCUT2D eigenvalue weighted by Gasteiger charge is 2.28. The highest BCUT2D eigenvalue weighted by atomic mass is 16.5. The zero-order valence-corrected chi connectivity index (χ0v) is 11.3. The van der Waals surface area contributed by atoms with Crippen LogP contribution in [0.1, 0.15) is 25.3 Å². The van der Waals surface area contributed by atoms with E-state index in [-0.39, 0.29) is 0 Å². The van der Waals surface area contributed by atoms with E-state index in [4.69, 9.17) is 15.2 Å². The van der Waals surface area contributed by atoms with Gasteiger partial charge in [-0.1, -0.05) is 6.07 Å². The second-order valence-electron chi connectivity index (χ2n) is 4.99. The van der Waals surface area contributed by atoms with Gasteiger partial charge in [0.05, 0.1) is 18.7 Å². The quantitative estimate of drug-likeness (QED) is 0.921. The molecule has 1 saturated carbocycles. The van der Waals surface area contributed by atoms with Crippen LogP contribution < -0.4 is 10.5 Å². The van der Waals surface area contributed by atoms with Crippen molar-refractivity contribution in [1.29, 1.82) is 0 Å². The van der Waals surface area contributed by atoms with Gasteiger partial charge in [0.1, 0.15) is 11.3 Å². The number of ether oxygens (including phenoxy) is 2. The SMILES string of the molecule is COc1cccc2c1nc(N)n2C1CCC(OC)C1. The van der Waals surface area contributed by atoms with E-state index >= 15 is 0 Å². The van der Waals surface area contributed by atoms with Crippen molar-refractivity contribution in [2.45, 2.75) is 31.4 Å². The van der Waals surface area contributed by atoms with E-state index in [9.17, 15) is 0 Å². The number of anilines is 1. The lowest BCUT2D eigenvalue weighted by atomic mass is 10.2. The van der Waals surface area contributed by atoms with Gasteiger partial charge in [0, 0.05) is 13.2 Å². The zero-order valence-electron chi connectivity index (χ0n) is 11.3. The molecule has 1 aliphatic rings. The van der Waals surface area contributed by atoms with E-state index in [2.05, 4.69) is 9.55 Å². The second-order valence-corrected chi connectivity index (χ2v) is 4.99. The first kappa shape index (κ1) is 12.3. The molecule has 0 radical (unpaired) electrons. The predicted molar refractivity (Wildman–Crippen MR) is 74.4 cm³/mol. The summed E-state index contributed by atoms with van der Waals surface area (Å²) in [4.78, 5) is 4.45. The topological polar surface area (TPSA) is 62.3 Å².